The van der Waals surface area contributed by atoms with Crippen LogP contribution in [0.1, 0.15) is 11.1 Å². The summed E-state index contributed by atoms with van der Waals surface area (Å²) in [6.45, 7) is 4.06. The summed E-state index contributed by atoms with van der Waals surface area (Å²) in [7, 11) is 0. The molecular formula is C19H16N4O. The molecule has 0 aliphatic rings. The molecule has 0 unspecified atom stereocenters. The van der Waals surface area contributed by atoms with E-state index in [4.69, 9.17) is 0 Å². The van der Waals surface area contributed by atoms with Gasteiger partial charge in [0.05, 0.1) is 5.69 Å². The first-order valence-electron chi connectivity index (χ1n) is 7.73. The summed E-state index contributed by atoms with van der Waals surface area (Å²) in [6, 6.07) is 11.5. The number of hydrogen-bond donors (Lipinski definition) is 2. The number of nitrogens with one attached hydrogen (secondary N) is 2. The molecule has 0 radical (unpaired) electrons. The second kappa shape index (κ2) is 5.45. The number of benzene rings is 1. The lowest BCUT2D eigenvalue weighted by Gasteiger charge is -2.06. The average Bonchev–Trinajstić information content (AvgIpc) is 2.97. The summed E-state index contributed by atoms with van der Waals surface area (Å²) in [6.07, 6.45) is 3.57. The molecule has 118 valence electrons. The first-order valence-corrected chi connectivity index (χ1v) is 7.73. The molecule has 3 aromatic heterocycles. The van der Waals surface area contributed by atoms with E-state index in [2.05, 4.69) is 26.0 Å². The van der Waals surface area contributed by atoms with Gasteiger partial charge in [-0.3, -0.25) is 4.79 Å². The van der Waals surface area contributed by atoms with Gasteiger partial charge < -0.3 is 9.97 Å². The largest absolute Gasteiger partial charge is 0.345 e. The molecule has 4 aromatic rings. The van der Waals surface area contributed by atoms with Crippen molar-refractivity contribution in [2.45, 2.75) is 13.8 Å². The van der Waals surface area contributed by atoms with Crippen LogP contribution in [0.15, 0.2) is 53.6 Å². The average molecular weight is 316 g/mol. The molecule has 0 saturated heterocycles. The molecule has 0 spiro atoms. The monoisotopic (exact) mass is 316 g/mol. The first-order chi connectivity index (χ1) is 11.6. The van der Waals surface area contributed by atoms with Gasteiger partial charge in [-0.15, -0.1) is 0 Å². The van der Waals surface area contributed by atoms with Gasteiger partial charge in [0.1, 0.15) is 11.5 Å². The number of aromatic amines is 2. The van der Waals surface area contributed by atoms with Crippen molar-refractivity contribution in [3.8, 4) is 22.6 Å². The van der Waals surface area contributed by atoms with Gasteiger partial charge in [0, 0.05) is 35.0 Å². The summed E-state index contributed by atoms with van der Waals surface area (Å²) >= 11 is 0. The predicted molar refractivity (Wildman–Crippen MR) is 94.9 cm³/mol. The number of fused-ring (bicyclic) bond motifs is 1. The lowest BCUT2D eigenvalue weighted by atomic mass is 10.1. The van der Waals surface area contributed by atoms with Crippen LogP contribution in [0.25, 0.3) is 33.7 Å². The number of H-pyrrole nitrogens is 2. The van der Waals surface area contributed by atoms with Crippen LogP contribution in [0.3, 0.4) is 0 Å². The Morgan fingerprint density at radius 1 is 1.04 bits per heavy atom. The van der Waals surface area contributed by atoms with E-state index in [-0.39, 0.29) is 5.56 Å². The van der Waals surface area contributed by atoms with Crippen LogP contribution < -0.4 is 5.56 Å². The zero-order valence-corrected chi connectivity index (χ0v) is 13.4. The zero-order valence-electron chi connectivity index (χ0n) is 13.4. The van der Waals surface area contributed by atoms with Gasteiger partial charge in [0.25, 0.3) is 5.56 Å². The third kappa shape index (κ3) is 2.50. The first kappa shape index (κ1) is 14.4. The van der Waals surface area contributed by atoms with Crippen LogP contribution in [-0.2, 0) is 0 Å². The van der Waals surface area contributed by atoms with Crippen LogP contribution in [-0.4, -0.2) is 19.9 Å². The van der Waals surface area contributed by atoms with Crippen molar-refractivity contribution in [1.82, 2.24) is 19.9 Å². The molecule has 0 bridgehead atoms. The number of aryl methyl sites for hydroxylation is 2. The molecular weight excluding hydrogens is 300 g/mol. The molecule has 5 nitrogen and oxygen atoms in total. The lowest BCUT2D eigenvalue weighted by molar-refractivity contribution is 1.13. The Labute approximate surface area is 138 Å². The van der Waals surface area contributed by atoms with Gasteiger partial charge in [-0.05, 0) is 38.1 Å². The molecule has 0 fully saturated rings. The Kier molecular flexibility index (Phi) is 3.27. The van der Waals surface area contributed by atoms with Crippen molar-refractivity contribution < 1.29 is 0 Å². The van der Waals surface area contributed by atoms with E-state index < -0.39 is 0 Å². The Bertz CT molecular complexity index is 1090. The van der Waals surface area contributed by atoms with Crippen LogP contribution in [0.2, 0.25) is 0 Å². The van der Waals surface area contributed by atoms with Gasteiger partial charge in [-0.2, -0.15) is 0 Å². The number of hydrogen-bond acceptors (Lipinski definition) is 3. The lowest BCUT2D eigenvalue weighted by Crippen LogP contribution is -2.08. The molecule has 5 heteroatoms. The van der Waals surface area contributed by atoms with E-state index in [0.717, 1.165) is 33.3 Å². The van der Waals surface area contributed by atoms with Crippen LogP contribution in [0.4, 0.5) is 0 Å². The van der Waals surface area contributed by atoms with Crippen molar-refractivity contribution in [2.75, 3.05) is 0 Å². The maximum absolute atomic E-state index is 12.2. The molecule has 0 amide bonds. The molecule has 0 aliphatic carbocycles. The van der Waals surface area contributed by atoms with Crippen molar-refractivity contribution >= 4 is 11.0 Å². The predicted octanol–water partition coefficient (Wildman–Crippen LogP) is 3.60. The maximum atomic E-state index is 12.2. The Balaban J connectivity index is 1.92. The topological polar surface area (TPSA) is 74.4 Å². The highest BCUT2D eigenvalue weighted by molar-refractivity contribution is 5.92. The Morgan fingerprint density at radius 3 is 2.62 bits per heavy atom. The number of rotatable bonds is 2. The molecule has 24 heavy (non-hydrogen) atoms. The number of aromatic nitrogens is 4. The summed E-state index contributed by atoms with van der Waals surface area (Å²) in [5.74, 6) is 0.572. The van der Waals surface area contributed by atoms with Crippen molar-refractivity contribution in [3.05, 3.63) is 70.3 Å². The molecule has 0 aliphatic heterocycles. The van der Waals surface area contributed by atoms with Crippen molar-refractivity contribution in [2.24, 2.45) is 0 Å². The van der Waals surface area contributed by atoms with E-state index in [1.807, 2.05) is 44.3 Å². The number of nitrogens with zero attached hydrogens (tertiary/aromatic N) is 2. The van der Waals surface area contributed by atoms with Gasteiger partial charge in [0.2, 0.25) is 0 Å². The van der Waals surface area contributed by atoms with Crippen LogP contribution >= 0.6 is 0 Å². The maximum Gasteiger partial charge on any atom is 0.251 e. The van der Waals surface area contributed by atoms with Gasteiger partial charge in [-0.1, -0.05) is 17.2 Å². The minimum atomic E-state index is -0.174. The summed E-state index contributed by atoms with van der Waals surface area (Å²) in [5.41, 5.74) is 5.28. The second-order valence-corrected chi connectivity index (χ2v) is 5.96. The summed E-state index contributed by atoms with van der Waals surface area (Å²) in [5, 5.41) is 0.946. The van der Waals surface area contributed by atoms with Gasteiger partial charge in [-0.25, -0.2) is 9.97 Å². The summed E-state index contributed by atoms with van der Waals surface area (Å²) < 4.78 is 0. The van der Waals surface area contributed by atoms with E-state index in [1.54, 1.807) is 6.20 Å². The summed E-state index contributed by atoms with van der Waals surface area (Å²) in [4.78, 5) is 27.1. The third-order valence-electron chi connectivity index (χ3n) is 3.96. The smallest absolute Gasteiger partial charge is 0.251 e. The second-order valence-electron chi connectivity index (χ2n) is 5.96. The minimum Gasteiger partial charge on any atom is -0.345 e. The molecule has 0 atom stereocenters. The standard InChI is InChI=1S/C19H16N4O/c1-11-6-12(2)8-13(7-11)18-22-16(9-17(24)23-18)15-10-21-19-14(15)4-3-5-20-19/h3-10H,1-2H3,(H,20,21)(H,22,23,24). The Hall–Kier alpha value is -3.21. The van der Waals surface area contributed by atoms with E-state index >= 15 is 0 Å². The normalized spacial score (nSPS) is 11.1. The fourth-order valence-corrected chi connectivity index (χ4v) is 3.01. The molecule has 3 heterocycles. The highest BCUT2D eigenvalue weighted by Crippen LogP contribution is 2.27. The van der Waals surface area contributed by atoms with Gasteiger partial charge in [0.15, 0.2) is 0 Å². The fraction of sp³-hybridized carbons (Fsp3) is 0.105. The van der Waals surface area contributed by atoms with Crippen LogP contribution in [0.5, 0.6) is 0 Å². The van der Waals surface area contributed by atoms with Gasteiger partial charge >= 0.3 is 0 Å². The highest BCUT2D eigenvalue weighted by atomic mass is 16.1. The SMILES string of the molecule is Cc1cc(C)cc(-c2nc(-c3c[nH]c4ncccc34)cc(=O)[nH]2)c1. The zero-order chi connectivity index (χ0) is 16.7. The van der Waals surface area contributed by atoms with Crippen molar-refractivity contribution in [3.63, 3.8) is 0 Å². The number of pyridine rings is 1. The van der Waals surface area contributed by atoms with E-state index in [1.165, 1.54) is 6.07 Å². The minimum absolute atomic E-state index is 0.174. The van der Waals surface area contributed by atoms with Crippen LogP contribution in [0, 0.1) is 13.8 Å². The molecule has 4 rings (SSSR count). The fourth-order valence-electron chi connectivity index (χ4n) is 3.01. The van der Waals surface area contributed by atoms with E-state index in [9.17, 15) is 4.79 Å². The highest BCUT2D eigenvalue weighted by Gasteiger charge is 2.11. The molecule has 1 aromatic carbocycles. The Morgan fingerprint density at radius 2 is 1.83 bits per heavy atom. The van der Waals surface area contributed by atoms with E-state index in [0.29, 0.717) is 11.5 Å². The molecule has 0 saturated carbocycles. The molecule has 2 N–H and O–H groups in total. The quantitative estimate of drug-likeness (QED) is 0.593. The van der Waals surface area contributed by atoms with Crippen molar-refractivity contribution in [1.29, 1.82) is 0 Å². The third-order valence-corrected chi connectivity index (χ3v) is 3.96.